The lowest BCUT2D eigenvalue weighted by Crippen LogP contribution is -2.53. The molecule has 1 aliphatic heterocycles. The number of carbonyl (C=O) groups excluding carboxylic acids is 2. The first-order chi connectivity index (χ1) is 9.56. The second-order valence-corrected chi connectivity index (χ2v) is 5.99. The summed E-state index contributed by atoms with van der Waals surface area (Å²) >= 11 is 1.74. The smallest absolute Gasteiger partial charge is 0.240 e. The second-order valence-electron chi connectivity index (χ2n) is 4.96. The van der Waals surface area contributed by atoms with E-state index in [2.05, 4.69) is 16.3 Å². The number of nitrogens with two attached hydrogens (primary N) is 2. The maximum atomic E-state index is 12.0. The number of halogens is 2. The van der Waals surface area contributed by atoms with Crippen LogP contribution in [0.3, 0.4) is 0 Å². The van der Waals surface area contributed by atoms with Crippen LogP contribution in [0.25, 0.3) is 0 Å². The van der Waals surface area contributed by atoms with Gasteiger partial charge < -0.3 is 16.4 Å². The summed E-state index contributed by atoms with van der Waals surface area (Å²) in [6.07, 6.45) is -0.0890. The van der Waals surface area contributed by atoms with Gasteiger partial charge in [-0.3, -0.25) is 14.5 Å². The molecule has 2 rings (SSSR count). The number of hydrogen-bond donors (Lipinski definition) is 2. The van der Waals surface area contributed by atoms with Crippen molar-refractivity contribution in [3.63, 3.8) is 0 Å². The Balaban J connectivity index is 0.00000220. The molecule has 0 radical (unpaired) electrons. The summed E-state index contributed by atoms with van der Waals surface area (Å²) in [6, 6.07) is 3.35. The molecule has 1 aromatic rings. The van der Waals surface area contributed by atoms with Crippen molar-refractivity contribution in [3.05, 3.63) is 22.4 Å². The van der Waals surface area contributed by atoms with E-state index in [0.717, 1.165) is 19.6 Å². The molecule has 0 bridgehead atoms. The van der Waals surface area contributed by atoms with Crippen LogP contribution in [0.15, 0.2) is 17.5 Å². The minimum absolute atomic E-state index is 0. The van der Waals surface area contributed by atoms with Crippen LogP contribution in [-0.4, -0.2) is 53.8 Å². The largest absolute Gasteiger partial charge is 0.370 e. The Hall–Kier alpha value is -0.860. The third-order valence-corrected chi connectivity index (χ3v) is 4.24. The zero-order valence-electron chi connectivity index (χ0n) is 12.1. The minimum atomic E-state index is -0.809. The topological polar surface area (TPSA) is 92.7 Å². The lowest BCUT2D eigenvalue weighted by atomic mass is 10.1. The van der Waals surface area contributed by atoms with E-state index in [1.807, 2.05) is 6.07 Å². The first-order valence-corrected chi connectivity index (χ1v) is 7.51. The quantitative estimate of drug-likeness (QED) is 0.788. The number of hydrogen-bond acceptors (Lipinski definition) is 5. The molecule has 6 nitrogen and oxygen atoms in total. The van der Waals surface area contributed by atoms with Crippen molar-refractivity contribution >= 4 is 48.0 Å². The molecule has 0 spiro atoms. The molecule has 0 aromatic carbocycles. The van der Waals surface area contributed by atoms with Crippen LogP contribution >= 0.6 is 36.2 Å². The van der Waals surface area contributed by atoms with Gasteiger partial charge in [0, 0.05) is 37.6 Å². The van der Waals surface area contributed by atoms with E-state index < -0.39 is 11.9 Å². The molecule has 2 amide bonds. The summed E-state index contributed by atoms with van der Waals surface area (Å²) in [5, 5.41) is 2.07. The normalized spacial score (nSPS) is 16.3. The van der Waals surface area contributed by atoms with Crippen molar-refractivity contribution in [1.29, 1.82) is 0 Å². The van der Waals surface area contributed by atoms with Gasteiger partial charge in [-0.2, -0.15) is 0 Å². The van der Waals surface area contributed by atoms with Crippen LogP contribution < -0.4 is 11.5 Å². The number of rotatable bonds is 5. The number of thiophene rings is 1. The van der Waals surface area contributed by atoms with Gasteiger partial charge in [0.2, 0.25) is 11.8 Å². The number of primary amides is 1. The Kier molecular flexibility index (Phi) is 9.63. The van der Waals surface area contributed by atoms with Gasteiger partial charge in [-0.15, -0.1) is 36.2 Å². The number of carbonyl (C=O) groups is 2. The molecule has 2 heterocycles. The number of amides is 2. The first-order valence-electron chi connectivity index (χ1n) is 6.63. The van der Waals surface area contributed by atoms with Gasteiger partial charge in [0.25, 0.3) is 0 Å². The maximum absolute atomic E-state index is 12.0. The SMILES string of the molecule is Cl.Cl.NC(=O)CC(N)C(=O)N1CCN(Cc2cccs2)CC1. The lowest BCUT2D eigenvalue weighted by molar-refractivity contribution is -0.136. The average molecular weight is 369 g/mol. The zero-order valence-corrected chi connectivity index (χ0v) is 14.6. The Morgan fingerprint density at radius 2 is 1.86 bits per heavy atom. The summed E-state index contributed by atoms with van der Waals surface area (Å²) in [4.78, 5) is 28.2. The van der Waals surface area contributed by atoms with Gasteiger partial charge in [0.15, 0.2) is 0 Å². The Morgan fingerprint density at radius 1 is 1.23 bits per heavy atom. The van der Waals surface area contributed by atoms with Crippen molar-refractivity contribution in [1.82, 2.24) is 9.80 Å². The van der Waals surface area contributed by atoms with Crippen LogP contribution in [-0.2, 0) is 16.1 Å². The highest BCUT2D eigenvalue weighted by molar-refractivity contribution is 7.09. The summed E-state index contributed by atoms with van der Waals surface area (Å²) in [7, 11) is 0. The summed E-state index contributed by atoms with van der Waals surface area (Å²) in [5.74, 6) is -0.721. The van der Waals surface area contributed by atoms with Crippen molar-refractivity contribution in [2.24, 2.45) is 11.5 Å². The summed E-state index contributed by atoms with van der Waals surface area (Å²) in [6.45, 7) is 3.88. The second kappa shape index (κ2) is 10.0. The number of piperazine rings is 1. The minimum Gasteiger partial charge on any atom is -0.370 e. The van der Waals surface area contributed by atoms with Gasteiger partial charge in [-0.05, 0) is 11.4 Å². The third kappa shape index (κ3) is 6.10. The van der Waals surface area contributed by atoms with Gasteiger partial charge in [0.1, 0.15) is 0 Å². The van der Waals surface area contributed by atoms with E-state index >= 15 is 0 Å². The molecule has 9 heteroatoms. The molecular weight excluding hydrogens is 347 g/mol. The lowest BCUT2D eigenvalue weighted by Gasteiger charge is -2.35. The molecule has 1 fully saturated rings. The van der Waals surface area contributed by atoms with Gasteiger partial charge in [-0.25, -0.2) is 0 Å². The van der Waals surface area contributed by atoms with Crippen LogP contribution in [0.4, 0.5) is 0 Å². The fourth-order valence-corrected chi connectivity index (χ4v) is 3.03. The highest BCUT2D eigenvalue weighted by atomic mass is 35.5. The standard InChI is InChI=1S/C13H20N4O2S.2ClH/c14-11(8-12(15)18)13(19)17-5-3-16(4-6-17)9-10-2-1-7-20-10;;/h1-2,7,11H,3-6,8-9,14H2,(H2,15,18);2*1H. The van der Waals surface area contributed by atoms with Gasteiger partial charge in [-0.1, -0.05) is 6.07 Å². The van der Waals surface area contributed by atoms with E-state index in [-0.39, 0.29) is 37.1 Å². The monoisotopic (exact) mass is 368 g/mol. The molecule has 1 unspecified atom stereocenters. The Morgan fingerprint density at radius 3 is 2.36 bits per heavy atom. The van der Waals surface area contributed by atoms with Crippen LogP contribution in [0.5, 0.6) is 0 Å². The van der Waals surface area contributed by atoms with Gasteiger partial charge in [0.05, 0.1) is 12.5 Å². The van der Waals surface area contributed by atoms with Crippen molar-refractivity contribution in [2.75, 3.05) is 26.2 Å². The first kappa shape index (κ1) is 21.1. The van der Waals surface area contributed by atoms with Crippen LogP contribution in [0.2, 0.25) is 0 Å². The molecule has 0 aliphatic carbocycles. The van der Waals surface area contributed by atoms with Crippen LogP contribution in [0, 0.1) is 0 Å². The van der Waals surface area contributed by atoms with E-state index in [9.17, 15) is 9.59 Å². The Bertz CT molecular complexity index is 465. The fourth-order valence-electron chi connectivity index (χ4n) is 2.29. The predicted molar refractivity (Wildman–Crippen MR) is 92.5 cm³/mol. The third-order valence-electron chi connectivity index (χ3n) is 3.38. The van der Waals surface area contributed by atoms with Crippen molar-refractivity contribution in [3.8, 4) is 0 Å². The van der Waals surface area contributed by atoms with Crippen molar-refractivity contribution in [2.45, 2.75) is 19.0 Å². The molecule has 1 aliphatic rings. The van der Waals surface area contributed by atoms with Crippen molar-refractivity contribution < 1.29 is 9.59 Å². The molecule has 1 aromatic heterocycles. The zero-order chi connectivity index (χ0) is 14.5. The summed E-state index contributed by atoms with van der Waals surface area (Å²) in [5.41, 5.74) is 10.8. The molecule has 4 N–H and O–H groups in total. The van der Waals surface area contributed by atoms with E-state index in [1.165, 1.54) is 4.88 Å². The van der Waals surface area contributed by atoms with E-state index in [0.29, 0.717) is 13.1 Å². The molecule has 22 heavy (non-hydrogen) atoms. The molecular formula is C13H22Cl2N4O2S. The predicted octanol–water partition coefficient (Wildman–Crippen LogP) is 0.439. The van der Waals surface area contributed by atoms with E-state index in [4.69, 9.17) is 11.5 Å². The van der Waals surface area contributed by atoms with Crippen LogP contribution in [0.1, 0.15) is 11.3 Å². The highest BCUT2D eigenvalue weighted by Crippen LogP contribution is 2.14. The summed E-state index contributed by atoms with van der Waals surface area (Å²) < 4.78 is 0. The molecule has 1 atom stereocenters. The Labute approximate surface area is 146 Å². The molecule has 1 saturated heterocycles. The van der Waals surface area contributed by atoms with E-state index in [1.54, 1.807) is 16.2 Å². The fraction of sp³-hybridized carbons (Fsp3) is 0.538. The number of nitrogens with zero attached hydrogens (tertiary/aromatic N) is 2. The van der Waals surface area contributed by atoms with Gasteiger partial charge >= 0.3 is 0 Å². The molecule has 0 saturated carbocycles. The highest BCUT2D eigenvalue weighted by Gasteiger charge is 2.26. The average Bonchev–Trinajstić information content (AvgIpc) is 2.91. The molecule has 126 valence electrons. The maximum Gasteiger partial charge on any atom is 0.240 e.